The first kappa shape index (κ1) is 14.1. The van der Waals surface area contributed by atoms with E-state index >= 15 is 0 Å². The highest BCUT2D eigenvalue weighted by atomic mass is 32.1. The van der Waals surface area contributed by atoms with Crippen LogP contribution in [-0.4, -0.2) is 38.7 Å². The van der Waals surface area contributed by atoms with E-state index in [1.165, 1.54) is 11.5 Å². The summed E-state index contributed by atoms with van der Waals surface area (Å²) >= 11 is 1.36. The van der Waals surface area contributed by atoms with E-state index in [0.29, 0.717) is 18.3 Å². The quantitative estimate of drug-likeness (QED) is 0.637. The Balaban J connectivity index is 1.62. The van der Waals surface area contributed by atoms with Crippen molar-refractivity contribution in [2.45, 2.75) is 49.7 Å². The Bertz CT molecular complexity index is 619. The molecular formula is C14H17N3O4S. The second kappa shape index (κ2) is 4.99. The summed E-state index contributed by atoms with van der Waals surface area (Å²) in [5, 5.41) is 13.0. The van der Waals surface area contributed by atoms with Crippen LogP contribution in [-0.2, 0) is 14.3 Å². The summed E-state index contributed by atoms with van der Waals surface area (Å²) in [7, 11) is 0. The standard InChI is InChI=1S/C14H17N3O4S/c18-12(19)13(20)21-14-4-3-7(6-15-14)5-9(14)11-16-10(17-22-11)8-1-2-8/h7-9,15H,1-6H2,(H,18,19). The Morgan fingerprint density at radius 1 is 1.36 bits per heavy atom. The summed E-state index contributed by atoms with van der Waals surface area (Å²) in [6.45, 7) is 0.748. The van der Waals surface area contributed by atoms with Crippen molar-refractivity contribution >= 4 is 23.5 Å². The van der Waals surface area contributed by atoms with E-state index < -0.39 is 17.7 Å². The number of carboxylic acids is 1. The highest BCUT2D eigenvalue weighted by Gasteiger charge is 2.53. The van der Waals surface area contributed by atoms with E-state index in [1.54, 1.807) is 0 Å². The van der Waals surface area contributed by atoms with Gasteiger partial charge in [-0.05, 0) is 43.1 Å². The highest BCUT2D eigenvalue weighted by Crippen LogP contribution is 2.49. The van der Waals surface area contributed by atoms with Crippen LogP contribution in [0, 0.1) is 5.92 Å². The third kappa shape index (κ3) is 2.30. The second-order valence-electron chi connectivity index (χ2n) is 6.42. The minimum Gasteiger partial charge on any atom is -0.473 e. The van der Waals surface area contributed by atoms with E-state index in [9.17, 15) is 9.59 Å². The third-order valence-electron chi connectivity index (χ3n) is 4.89. The maximum absolute atomic E-state index is 11.6. The van der Waals surface area contributed by atoms with Crippen LogP contribution in [0.25, 0.3) is 0 Å². The number of aromatic nitrogens is 2. The van der Waals surface area contributed by atoms with Crippen LogP contribution in [0.1, 0.15) is 54.8 Å². The molecule has 1 aromatic heterocycles. The molecule has 7 nitrogen and oxygen atoms in total. The molecule has 2 aliphatic heterocycles. The average molecular weight is 323 g/mol. The van der Waals surface area contributed by atoms with Gasteiger partial charge in [-0.2, -0.15) is 4.37 Å². The minimum absolute atomic E-state index is 0.103. The van der Waals surface area contributed by atoms with Crippen LogP contribution in [0.3, 0.4) is 0 Å². The molecule has 0 aromatic carbocycles. The first-order valence-corrected chi connectivity index (χ1v) is 8.39. The van der Waals surface area contributed by atoms with Crippen molar-refractivity contribution in [3.63, 3.8) is 0 Å². The molecule has 2 saturated carbocycles. The normalized spacial score (nSPS) is 33.6. The van der Waals surface area contributed by atoms with Crippen LogP contribution in [0.2, 0.25) is 0 Å². The van der Waals surface area contributed by atoms with Crippen LogP contribution in [0.4, 0.5) is 0 Å². The predicted octanol–water partition coefficient (Wildman–Crippen LogP) is 1.23. The zero-order valence-electron chi connectivity index (χ0n) is 11.9. The van der Waals surface area contributed by atoms with Gasteiger partial charge in [0.25, 0.3) is 0 Å². The monoisotopic (exact) mass is 323 g/mol. The fourth-order valence-electron chi connectivity index (χ4n) is 3.51. The maximum atomic E-state index is 11.6. The van der Waals surface area contributed by atoms with Gasteiger partial charge in [0.2, 0.25) is 0 Å². The number of aliphatic carboxylic acids is 1. The molecule has 118 valence electrons. The molecule has 4 fully saturated rings. The van der Waals surface area contributed by atoms with Gasteiger partial charge in [0.1, 0.15) is 10.8 Å². The van der Waals surface area contributed by atoms with Crippen molar-refractivity contribution in [2.75, 3.05) is 6.54 Å². The van der Waals surface area contributed by atoms with E-state index in [0.717, 1.165) is 43.1 Å². The fourth-order valence-corrected chi connectivity index (χ4v) is 4.44. The Labute approximate surface area is 131 Å². The van der Waals surface area contributed by atoms with Gasteiger partial charge in [-0.3, -0.25) is 5.32 Å². The predicted molar refractivity (Wildman–Crippen MR) is 76.4 cm³/mol. The number of carbonyl (C=O) groups excluding carboxylic acids is 1. The fraction of sp³-hybridized carbons (Fsp3) is 0.714. The first-order valence-electron chi connectivity index (χ1n) is 7.62. The number of carboxylic acid groups (broad SMARTS) is 1. The number of nitrogens with one attached hydrogen (secondary N) is 1. The number of piperidine rings is 2. The molecule has 2 saturated heterocycles. The number of hydrogen-bond donors (Lipinski definition) is 2. The zero-order chi connectivity index (χ0) is 15.3. The molecule has 2 aliphatic carbocycles. The maximum Gasteiger partial charge on any atom is 0.419 e. The van der Waals surface area contributed by atoms with Crippen molar-refractivity contribution in [2.24, 2.45) is 5.92 Å². The summed E-state index contributed by atoms with van der Waals surface area (Å²) in [6.07, 6.45) is 4.70. The molecular weight excluding hydrogens is 306 g/mol. The van der Waals surface area contributed by atoms with E-state index in [-0.39, 0.29) is 5.92 Å². The van der Waals surface area contributed by atoms with Crippen LogP contribution in [0.5, 0.6) is 0 Å². The van der Waals surface area contributed by atoms with Crippen LogP contribution >= 0.6 is 11.5 Å². The molecule has 2 N–H and O–H groups in total. The largest absolute Gasteiger partial charge is 0.473 e. The molecule has 0 radical (unpaired) electrons. The molecule has 3 heterocycles. The van der Waals surface area contributed by atoms with Crippen molar-refractivity contribution in [3.8, 4) is 0 Å². The third-order valence-corrected chi connectivity index (χ3v) is 5.73. The Hall–Kier alpha value is -1.54. The molecule has 0 spiro atoms. The molecule has 5 rings (SSSR count). The Morgan fingerprint density at radius 3 is 2.82 bits per heavy atom. The number of ether oxygens (including phenoxy) is 1. The molecule has 1 aromatic rings. The van der Waals surface area contributed by atoms with Crippen molar-refractivity contribution in [3.05, 3.63) is 10.8 Å². The Kier molecular flexibility index (Phi) is 3.19. The number of fused-ring (bicyclic) bond motifs is 3. The van der Waals surface area contributed by atoms with Gasteiger partial charge in [0.15, 0.2) is 5.72 Å². The van der Waals surface area contributed by atoms with Crippen LogP contribution < -0.4 is 5.32 Å². The zero-order valence-corrected chi connectivity index (χ0v) is 12.8. The van der Waals surface area contributed by atoms with Crippen molar-refractivity contribution in [1.82, 2.24) is 14.7 Å². The van der Waals surface area contributed by atoms with Crippen molar-refractivity contribution < 1.29 is 19.4 Å². The van der Waals surface area contributed by atoms with E-state index in [1.807, 2.05) is 0 Å². The van der Waals surface area contributed by atoms with Gasteiger partial charge in [0, 0.05) is 18.9 Å². The van der Waals surface area contributed by atoms with Gasteiger partial charge in [-0.1, -0.05) is 0 Å². The lowest BCUT2D eigenvalue weighted by atomic mass is 9.71. The number of nitrogens with zero attached hydrogens (tertiary/aromatic N) is 2. The molecule has 2 bridgehead atoms. The Morgan fingerprint density at radius 2 is 2.18 bits per heavy atom. The van der Waals surface area contributed by atoms with Crippen LogP contribution in [0.15, 0.2) is 0 Å². The summed E-state index contributed by atoms with van der Waals surface area (Å²) in [4.78, 5) is 27.1. The highest BCUT2D eigenvalue weighted by molar-refractivity contribution is 7.05. The lowest BCUT2D eigenvalue weighted by Gasteiger charge is -2.50. The summed E-state index contributed by atoms with van der Waals surface area (Å²) in [5.41, 5.74) is -0.940. The van der Waals surface area contributed by atoms with Gasteiger partial charge >= 0.3 is 11.9 Å². The molecule has 3 unspecified atom stereocenters. The molecule has 8 heteroatoms. The molecule has 4 aliphatic rings. The topological polar surface area (TPSA) is 101 Å². The van der Waals surface area contributed by atoms with E-state index in [2.05, 4.69) is 14.7 Å². The van der Waals surface area contributed by atoms with E-state index in [4.69, 9.17) is 9.84 Å². The van der Waals surface area contributed by atoms with Gasteiger partial charge in [-0.15, -0.1) is 0 Å². The molecule has 22 heavy (non-hydrogen) atoms. The molecule has 0 amide bonds. The smallest absolute Gasteiger partial charge is 0.419 e. The van der Waals surface area contributed by atoms with Crippen molar-refractivity contribution in [1.29, 1.82) is 0 Å². The number of carbonyl (C=O) groups is 2. The lowest BCUT2D eigenvalue weighted by Crippen LogP contribution is -2.62. The number of hydrogen-bond acceptors (Lipinski definition) is 7. The van der Waals surface area contributed by atoms with Gasteiger partial charge in [-0.25, -0.2) is 14.6 Å². The number of rotatable bonds is 3. The second-order valence-corrected chi connectivity index (χ2v) is 7.21. The first-order chi connectivity index (χ1) is 10.6. The number of esters is 1. The summed E-state index contributed by atoms with van der Waals surface area (Å²) in [6, 6.07) is 0. The lowest BCUT2D eigenvalue weighted by molar-refractivity contribution is -0.189. The minimum atomic E-state index is -1.56. The SMILES string of the molecule is O=C(O)C(=O)OC12CCC(CN1)CC2c1nc(C2CC2)ns1. The van der Waals surface area contributed by atoms with Gasteiger partial charge < -0.3 is 9.84 Å². The average Bonchev–Trinajstić information content (AvgIpc) is 3.25. The molecule has 3 atom stereocenters. The summed E-state index contributed by atoms with van der Waals surface area (Å²) in [5.74, 6) is -0.974. The van der Waals surface area contributed by atoms with Gasteiger partial charge in [0.05, 0.1) is 5.92 Å². The summed E-state index contributed by atoms with van der Waals surface area (Å²) < 4.78 is 9.80.